The molecule has 160 valence electrons. The van der Waals surface area contributed by atoms with E-state index in [2.05, 4.69) is 6.07 Å². The minimum atomic E-state index is -1.19. The largest absolute Gasteiger partial charge is 0.497 e. The lowest BCUT2D eigenvalue weighted by atomic mass is 10.0. The van der Waals surface area contributed by atoms with Gasteiger partial charge in [0.2, 0.25) is 0 Å². The van der Waals surface area contributed by atoms with Gasteiger partial charge in [-0.1, -0.05) is 12.1 Å². The van der Waals surface area contributed by atoms with E-state index < -0.39 is 4.87 Å². The summed E-state index contributed by atoms with van der Waals surface area (Å²) < 4.78 is 10.8. The van der Waals surface area contributed by atoms with E-state index in [1.807, 2.05) is 24.3 Å². The van der Waals surface area contributed by atoms with Gasteiger partial charge in [0.05, 0.1) is 37.2 Å². The molecule has 7 nitrogen and oxygen atoms in total. The maximum Gasteiger partial charge on any atom is 0.291 e. The average molecular weight is 446 g/mol. The maximum absolute atomic E-state index is 14.0. The molecule has 2 aromatic carbocycles. The second-order valence-corrected chi connectivity index (χ2v) is 8.80. The van der Waals surface area contributed by atoms with Crippen LogP contribution in [0, 0.1) is 11.3 Å². The fourth-order valence-electron chi connectivity index (χ4n) is 4.33. The molecule has 2 aliphatic rings. The van der Waals surface area contributed by atoms with Gasteiger partial charge in [0, 0.05) is 17.9 Å². The Hall–Kier alpha value is -3.70. The Morgan fingerprint density at radius 3 is 2.88 bits per heavy atom. The van der Waals surface area contributed by atoms with Crippen LogP contribution in [-0.2, 0) is 16.2 Å². The summed E-state index contributed by atoms with van der Waals surface area (Å²) in [6, 6.07) is 18.1. The lowest BCUT2D eigenvalue weighted by Gasteiger charge is -2.32. The fourth-order valence-corrected chi connectivity index (χ4v) is 5.79. The van der Waals surface area contributed by atoms with Crippen LogP contribution in [0.15, 0.2) is 65.3 Å². The second kappa shape index (κ2) is 7.77. The van der Waals surface area contributed by atoms with Gasteiger partial charge in [-0.3, -0.25) is 9.59 Å². The maximum atomic E-state index is 14.0. The third-order valence-electron chi connectivity index (χ3n) is 5.77. The number of nitrogens with zero attached hydrogens (tertiary/aromatic N) is 3. The van der Waals surface area contributed by atoms with Gasteiger partial charge in [0.15, 0.2) is 10.6 Å². The predicted octanol–water partition coefficient (Wildman–Crippen LogP) is 3.75. The van der Waals surface area contributed by atoms with Crippen LogP contribution in [0.1, 0.15) is 27.2 Å². The standard InChI is InChI=1S/C24H19N3O4S/c1-30-18-7-8-20-19(13-18)24(27(9-11-32-24)22(28)21-6-3-10-31-21)23(29)26(20)15-17-5-2-4-16(12-17)14-25/h2-8,10,12-13H,9,11,15H2,1H3/t24-/m1/s1. The molecule has 2 amide bonds. The number of hydrogen-bond donors (Lipinski definition) is 0. The van der Waals surface area contributed by atoms with Crippen molar-refractivity contribution in [2.45, 2.75) is 11.4 Å². The monoisotopic (exact) mass is 445 g/mol. The molecule has 0 bridgehead atoms. The molecule has 1 aromatic heterocycles. The van der Waals surface area contributed by atoms with Crippen molar-refractivity contribution in [1.82, 2.24) is 4.90 Å². The van der Waals surface area contributed by atoms with E-state index in [1.54, 1.807) is 47.2 Å². The molecule has 2 aliphatic heterocycles. The molecule has 0 unspecified atom stereocenters. The van der Waals surface area contributed by atoms with Crippen molar-refractivity contribution in [3.05, 3.63) is 83.3 Å². The Kier molecular flexibility index (Phi) is 4.91. The number of rotatable bonds is 4. The molecule has 1 spiro atoms. The fraction of sp³-hybridized carbons (Fsp3) is 0.208. The number of methoxy groups -OCH3 is 1. The van der Waals surface area contributed by atoms with Crippen LogP contribution >= 0.6 is 11.8 Å². The Bertz CT molecular complexity index is 1250. The van der Waals surface area contributed by atoms with Crippen molar-refractivity contribution in [1.29, 1.82) is 5.26 Å². The zero-order valence-corrected chi connectivity index (χ0v) is 18.1. The van der Waals surface area contributed by atoms with Crippen LogP contribution in [0.4, 0.5) is 5.69 Å². The summed E-state index contributed by atoms with van der Waals surface area (Å²) in [6.45, 7) is 0.711. The highest BCUT2D eigenvalue weighted by Gasteiger charge is 2.60. The van der Waals surface area contributed by atoms with Crippen molar-refractivity contribution in [2.24, 2.45) is 0 Å². The van der Waals surface area contributed by atoms with Gasteiger partial charge in [-0.25, -0.2) is 0 Å². The summed E-state index contributed by atoms with van der Waals surface area (Å²) in [5, 5.41) is 9.24. The van der Waals surface area contributed by atoms with E-state index in [1.165, 1.54) is 18.0 Å². The first-order valence-corrected chi connectivity index (χ1v) is 11.1. The second-order valence-electron chi connectivity index (χ2n) is 7.51. The molecule has 0 aliphatic carbocycles. The van der Waals surface area contributed by atoms with Crippen LogP contribution in [0.25, 0.3) is 0 Å². The van der Waals surface area contributed by atoms with E-state index >= 15 is 0 Å². The topological polar surface area (TPSA) is 86.8 Å². The summed E-state index contributed by atoms with van der Waals surface area (Å²) in [5.41, 5.74) is 2.82. The van der Waals surface area contributed by atoms with Crippen molar-refractivity contribution in [3.8, 4) is 11.8 Å². The Labute approximate surface area is 189 Å². The molecular formula is C24H19N3O4S. The Morgan fingerprint density at radius 2 is 2.12 bits per heavy atom. The highest BCUT2D eigenvalue weighted by atomic mass is 32.2. The molecule has 3 aromatic rings. The van der Waals surface area contributed by atoms with Gasteiger partial charge in [-0.05, 0) is 48.0 Å². The number of amides is 2. The van der Waals surface area contributed by atoms with Crippen LogP contribution in [-0.4, -0.2) is 36.1 Å². The number of hydrogen-bond acceptors (Lipinski definition) is 6. The summed E-state index contributed by atoms with van der Waals surface area (Å²) in [7, 11) is 1.57. The lowest BCUT2D eigenvalue weighted by molar-refractivity contribution is -0.123. The molecular weight excluding hydrogens is 426 g/mol. The third kappa shape index (κ3) is 2.97. The molecule has 0 saturated carbocycles. The number of carbonyl (C=O) groups excluding carboxylic acids is 2. The van der Waals surface area contributed by atoms with E-state index in [9.17, 15) is 14.9 Å². The van der Waals surface area contributed by atoms with Gasteiger partial charge < -0.3 is 19.0 Å². The Balaban J connectivity index is 1.61. The number of thioether (sulfide) groups is 1. The van der Waals surface area contributed by atoms with Crippen molar-refractivity contribution >= 4 is 29.3 Å². The van der Waals surface area contributed by atoms with Gasteiger partial charge in [-0.15, -0.1) is 11.8 Å². The first kappa shape index (κ1) is 20.2. The normalized spacial score (nSPS) is 19.3. The first-order chi connectivity index (χ1) is 15.6. The van der Waals surface area contributed by atoms with Crippen molar-refractivity contribution < 1.29 is 18.7 Å². The lowest BCUT2D eigenvalue weighted by Crippen LogP contribution is -2.50. The van der Waals surface area contributed by atoms with Crippen LogP contribution in [0.3, 0.4) is 0 Å². The molecule has 8 heteroatoms. The minimum Gasteiger partial charge on any atom is -0.497 e. The number of benzene rings is 2. The molecule has 1 atom stereocenters. The predicted molar refractivity (Wildman–Crippen MR) is 119 cm³/mol. The summed E-state index contributed by atoms with van der Waals surface area (Å²) in [5.74, 6) is 0.916. The van der Waals surface area contributed by atoms with Gasteiger partial charge >= 0.3 is 0 Å². The number of anilines is 1. The molecule has 5 rings (SSSR count). The number of nitriles is 1. The van der Waals surface area contributed by atoms with Gasteiger partial charge in [-0.2, -0.15) is 5.26 Å². The molecule has 0 N–H and O–H groups in total. The Morgan fingerprint density at radius 1 is 1.25 bits per heavy atom. The smallest absolute Gasteiger partial charge is 0.291 e. The zero-order valence-electron chi connectivity index (χ0n) is 17.3. The summed E-state index contributed by atoms with van der Waals surface area (Å²) in [6.07, 6.45) is 1.45. The highest BCUT2D eigenvalue weighted by molar-refractivity contribution is 8.01. The van der Waals surface area contributed by atoms with Crippen LogP contribution < -0.4 is 9.64 Å². The van der Waals surface area contributed by atoms with E-state index in [-0.39, 0.29) is 17.6 Å². The number of furan rings is 1. The number of fused-ring (bicyclic) bond motifs is 2. The third-order valence-corrected chi connectivity index (χ3v) is 7.19. The zero-order chi connectivity index (χ0) is 22.3. The van der Waals surface area contributed by atoms with Crippen LogP contribution in [0.5, 0.6) is 5.75 Å². The molecule has 1 fully saturated rings. The quantitative estimate of drug-likeness (QED) is 0.608. The highest BCUT2D eigenvalue weighted by Crippen LogP contribution is 2.55. The SMILES string of the molecule is COc1ccc2c(c1)[C@@]1(SCCN1C(=O)c1ccco1)C(=O)N2Cc1cccc(C#N)c1. The molecule has 1 saturated heterocycles. The molecule has 0 radical (unpaired) electrons. The van der Waals surface area contributed by atoms with E-state index in [0.717, 1.165) is 16.8 Å². The van der Waals surface area contributed by atoms with Crippen LogP contribution in [0.2, 0.25) is 0 Å². The average Bonchev–Trinajstić information content (AvgIpc) is 3.56. The number of ether oxygens (including phenoxy) is 1. The first-order valence-electron chi connectivity index (χ1n) is 10.1. The summed E-state index contributed by atoms with van der Waals surface area (Å²) in [4.78, 5) is 29.4. The van der Waals surface area contributed by atoms with E-state index in [0.29, 0.717) is 30.2 Å². The van der Waals surface area contributed by atoms with Gasteiger partial charge in [0.25, 0.3) is 11.8 Å². The summed E-state index contributed by atoms with van der Waals surface area (Å²) >= 11 is 1.44. The molecule has 32 heavy (non-hydrogen) atoms. The molecule has 3 heterocycles. The van der Waals surface area contributed by atoms with E-state index in [4.69, 9.17) is 9.15 Å². The van der Waals surface area contributed by atoms with Crippen molar-refractivity contribution in [2.75, 3.05) is 24.3 Å². The minimum absolute atomic E-state index is 0.189. The number of carbonyl (C=O) groups is 2. The van der Waals surface area contributed by atoms with Crippen molar-refractivity contribution in [3.63, 3.8) is 0 Å². The van der Waals surface area contributed by atoms with Gasteiger partial charge in [0.1, 0.15) is 5.75 Å².